The van der Waals surface area contributed by atoms with Crippen molar-refractivity contribution < 1.29 is 9.32 Å². The molecule has 2 rings (SSSR count). The van der Waals surface area contributed by atoms with Gasteiger partial charge in [0.2, 0.25) is 5.91 Å². The maximum Gasteiger partial charge on any atom is 0.230 e. The number of carbonyl (C=O) groups excluding carboxylic acids is 1. The van der Waals surface area contributed by atoms with E-state index in [4.69, 9.17) is 4.52 Å². The van der Waals surface area contributed by atoms with E-state index in [1.165, 1.54) is 6.42 Å². The number of rotatable bonds is 5. The molecular weight excluding hydrogens is 272 g/mol. The second kappa shape index (κ2) is 6.20. The number of hydrogen-bond acceptors (Lipinski definition) is 4. The van der Waals surface area contributed by atoms with E-state index >= 15 is 0 Å². The van der Waals surface area contributed by atoms with Crippen LogP contribution in [0, 0.1) is 19.3 Å². The molecule has 112 valence electrons. The topological polar surface area (TPSA) is 55.1 Å². The second-order valence-electron chi connectivity index (χ2n) is 6.47. The van der Waals surface area contributed by atoms with Crippen molar-refractivity contribution in [1.29, 1.82) is 0 Å². The Hall–Kier alpha value is -0.970. The van der Waals surface area contributed by atoms with E-state index in [1.54, 1.807) is 11.8 Å². The number of nitrogens with one attached hydrogen (secondary N) is 1. The average molecular weight is 296 g/mol. The molecule has 0 radical (unpaired) electrons. The number of thioether (sulfide) groups is 1. The lowest BCUT2D eigenvalue weighted by atomic mass is 9.92. The molecule has 1 atom stereocenters. The summed E-state index contributed by atoms with van der Waals surface area (Å²) in [5, 5.41) is 7.07. The molecule has 0 bridgehead atoms. The van der Waals surface area contributed by atoms with Crippen molar-refractivity contribution in [3.63, 3.8) is 0 Å². The fourth-order valence-electron chi connectivity index (χ4n) is 2.78. The van der Waals surface area contributed by atoms with Crippen molar-refractivity contribution in [2.75, 3.05) is 5.75 Å². The van der Waals surface area contributed by atoms with Crippen LogP contribution in [0.4, 0.5) is 0 Å². The van der Waals surface area contributed by atoms with Crippen molar-refractivity contribution in [2.24, 2.45) is 5.41 Å². The third kappa shape index (κ3) is 4.01. The Morgan fingerprint density at radius 2 is 2.25 bits per heavy atom. The van der Waals surface area contributed by atoms with Crippen LogP contribution < -0.4 is 5.32 Å². The summed E-state index contributed by atoms with van der Waals surface area (Å²) in [5.41, 5.74) is 2.42. The number of carbonyl (C=O) groups is 1. The van der Waals surface area contributed by atoms with Crippen molar-refractivity contribution in [1.82, 2.24) is 10.5 Å². The standard InChI is InChI=1S/C15H24N2O2S/c1-10-13(11(2)19-17-10)8-20-9-14(18)16-12-5-6-15(3,4)7-12/h12H,5-9H2,1-4H3,(H,16,18). The minimum absolute atomic E-state index is 0.143. The van der Waals surface area contributed by atoms with Crippen molar-refractivity contribution in [3.05, 3.63) is 17.0 Å². The van der Waals surface area contributed by atoms with E-state index in [0.717, 1.165) is 35.6 Å². The Kier molecular flexibility index (Phi) is 4.78. The summed E-state index contributed by atoms with van der Waals surface area (Å²) in [6, 6.07) is 0.358. The van der Waals surface area contributed by atoms with E-state index in [-0.39, 0.29) is 5.91 Å². The van der Waals surface area contributed by atoms with Gasteiger partial charge in [0.15, 0.2) is 0 Å². The monoisotopic (exact) mass is 296 g/mol. The lowest BCUT2D eigenvalue weighted by Crippen LogP contribution is -2.34. The highest BCUT2D eigenvalue weighted by Crippen LogP contribution is 2.36. The molecular formula is C15H24N2O2S. The summed E-state index contributed by atoms with van der Waals surface area (Å²) in [5.74, 6) is 2.28. The first-order chi connectivity index (χ1) is 9.37. The summed E-state index contributed by atoms with van der Waals surface area (Å²) >= 11 is 1.62. The maximum atomic E-state index is 11.9. The fourth-order valence-corrected chi connectivity index (χ4v) is 3.77. The van der Waals surface area contributed by atoms with Gasteiger partial charge < -0.3 is 9.84 Å². The van der Waals surface area contributed by atoms with Crippen LogP contribution >= 0.6 is 11.8 Å². The first kappa shape index (κ1) is 15.4. The third-order valence-electron chi connectivity index (χ3n) is 3.99. The summed E-state index contributed by atoms with van der Waals surface area (Å²) in [4.78, 5) is 11.9. The zero-order chi connectivity index (χ0) is 14.8. The van der Waals surface area contributed by atoms with Crippen LogP contribution in [0.5, 0.6) is 0 Å². The van der Waals surface area contributed by atoms with E-state index in [2.05, 4.69) is 24.3 Å². The second-order valence-corrected chi connectivity index (χ2v) is 7.45. The molecule has 1 N–H and O–H groups in total. The predicted molar refractivity (Wildman–Crippen MR) is 81.7 cm³/mol. The smallest absolute Gasteiger partial charge is 0.230 e. The van der Waals surface area contributed by atoms with Gasteiger partial charge in [-0.1, -0.05) is 19.0 Å². The molecule has 1 aromatic rings. The summed E-state index contributed by atoms with van der Waals surface area (Å²) in [6.07, 6.45) is 3.39. The van der Waals surface area contributed by atoms with Crippen LogP contribution in [-0.2, 0) is 10.5 Å². The molecule has 5 heteroatoms. The number of aryl methyl sites for hydroxylation is 2. The van der Waals surface area contributed by atoms with Crippen molar-refractivity contribution >= 4 is 17.7 Å². The summed E-state index contributed by atoms with van der Waals surface area (Å²) in [6.45, 7) is 8.39. The highest BCUT2D eigenvalue weighted by Gasteiger charge is 2.31. The van der Waals surface area contributed by atoms with Gasteiger partial charge in [0.25, 0.3) is 0 Å². The normalized spacial score (nSPS) is 21.1. The molecule has 1 fully saturated rings. The van der Waals surface area contributed by atoms with Gasteiger partial charge in [-0.05, 0) is 38.5 Å². The van der Waals surface area contributed by atoms with Gasteiger partial charge in [-0.25, -0.2) is 0 Å². The van der Waals surface area contributed by atoms with Crippen LogP contribution in [0.3, 0.4) is 0 Å². The van der Waals surface area contributed by atoms with Gasteiger partial charge in [-0.3, -0.25) is 4.79 Å². The molecule has 1 aliphatic carbocycles. The third-order valence-corrected chi connectivity index (χ3v) is 4.95. The number of aromatic nitrogens is 1. The van der Waals surface area contributed by atoms with Gasteiger partial charge in [-0.2, -0.15) is 0 Å². The van der Waals surface area contributed by atoms with Crippen LogP contribution in [0.25, 0.3) is 0 Å². The molecule has 1 aliphatic rings. The molecule has 0 spiro atoms. The molecule has 0 aliphatic heterocycles. The molecule has 1 amide bonds. The lowest BCUT2D eigenvalue weighted by molar-refractivity contribution is -0.119. The Morgan fingerprint density at radius 1 is 1.50 bits per heavy atom. The van der Waals surface area contributed by atoms with E-state index in [0.29, 0.717) is 17.2 Å². The highest BCUT2D eigenvalue weighted by molar-refractivity contribution is 7.99. The van der Waals surface area contributed by atoms with Crippen LogP contribution in [0.1, 0.15) is 50.1 Å². The maximum absolute atomic E-state index is 11.9. The van der Waals surface area contributed by atoms with Crippen LogP contribution in [-0.4, -0.2) is 22.9 Å². The molecule has 1 unspecified atom stereocenters. The molecule has 0 aromatic carbocycles. The number of amides is 1. The van der Waals surface area contributed by atoms with Crippen LogP contribution in [0.2, 0.25) is 0 Å². The first-order valence-corrected chi connectivity index (χ1v) is 8.32. The van der Waals surface area contributed by atoms with Gasteiger partial charge in [0.05, 0.1) is 11.4 Å². The van der Waals surface area contributed by atoms with Crippen LogP contribution in [0.15, 0.2) is 4.52 Å². The number of hydrogen-bond donors (Lipinski definition) is 1. The minimum Gasteiger partial charge on any atom is -0.361 e. The molecule has 1 heterocycles. The SMILES string of the molecule is Cc1noc(C)c1CSCC(=O)NC1CCC(C)(C)C1. The van der Waals surface area contributed by atoms with Crippen molar-refractivity contribution in [3.8, 4) is 0 Å². The summed E-state index contributed by atoms with van der Waals surface area (Å²) < 4.78 is 5.12. The lowest BCUT2D eigenvalue weighted by Gasteiger charge is -2.17. The molecule has 20 heavy (non-hydrogen) atoms. The molecule has 0 saturated heterocycles. The average Bonchev–Trinajstić information content (AvgIpc) is 2.85. The zero-order valence-electron chi connectivity index (χ0n) is 12.8. The van der Waals surface area contributed by atoms with Crippen molar-refractivity contribution in [2.45, 2.75) is 58.8 Å². The quantitative estimate of drug-likeness (QED) is 0.906. The predicted octanol–water partition coefficient (Wildman–Crippen LogP) is 3.22. The van der Waals surface area contributed by atoms with Gasteiger partial charge >= 0.3 is 0 Å². The Labute approximate surface area is 125 Å². The Balaban J connectivity index is 1.71. The van der Waals surface area contributed by atoms with Gasteiger partial charge in [-0.15, -0.1) is 11.8 Å². The number of nitrogens with zero attached hydrogens (tertiary/aromatic N) is 1. The molecule has 1 saturated carbocycles. The van der Waals surface area contributed by atoms with E-state index < -0.39 is 0 Å². The Morgan fingerprint density at radius 3 is 2.80 bits per heavy atom. The Bertz CT molecular complexity index is 463. The summed E-state index contributed by atoms with van der Waals surface area (Å²) in [7, 11) is 0. The van der Waals surface area contributed by atoms with E-state index in [1.807, 2.05) is 13.8 Å². The van der Waals surface area contributed by atoms with Gasteiger partial charge in [0.1, 0.15) is 5.76 Å². The molecule has 1 aromatic heterocycles. The largest absolute Gasteiger partial charge is 0.361 e. The highest BCUT2D eigenvalue weighted by atomic mass is 32.2. The zero-order valence-corrected chi connectivity index (χ0v) is 13.6. The molecule has 4 nitrogen and oxygen atoms in total. The van der Waals surface area contributed by atoms with E-state index in [9.17, 15) is 4.79 Å². The van der Waals surface area contributed by atoms with Gasteiger partial charge in [0, 0.05) is 17.4 Å². The first-order valence-electron chi connectivity index (χ1n) is 7.16. The minimum atomic E-state index is 0.143. The fraction of sp³-hybridized carbons (Fsp3) is 0.733.